The van der Waals surface area contributed by atoms with Crippen LogP contribution in [0, 0.1) is 0 Å². The molecule has 0 bridgehead atoms. The molecule has 0 saturated carbocycles. The average Bonchev–Trinajstić information content (AvgIpc) is 2.60. The zero-order valence-electron chi connectivity index (χ0n) is 14.2. The number of fused-ring (bicyclic) bond motifs is 1. The summed E-state index contributed by atoms with van der Waals surface area (Å²) in [5, 5.41) is 2.76. The second kappa shape index (κ2) is 7.37. The zero-order chi connectivity index (χ0) is 17.9. The number of hydrogen-bond acceptors (Lipinski definition) is 3. The molecule has 1 atom stereocenters. The lowest BCUT2D eigenvalue weighted by atomic mass is 10.0. The lowest BCUT2D eigenvalue weighted by Crippen LogP contribution is -2.33. The van der Waals surface area contributed by atoms with Crippen molar-refractivity contribution in [3.05, 3.63) is 59.7 Å². The van der Waals surface area contributed by atoms with Crippen molar-refractivity contribution in [1.82, 2.24) is 4.72 Å². The highest BCUT2D eigenvalue weighted by molar-refractivity contribution is 7.89. The van der Waals surface area contributed by atoms with E-state index in [1.807, 2.05) is 37.3 Å². The quantitative estimate of drug-likeness (QED) is 0.834. The normalized spacial score (nSPS) is 15.3. The molecule has 2 aromatic rings. The van der Waals surface area contributed by atoms with E-state index in [2.05, 4.69) is 10.0 Å². The van der Waals surface area contributed by atoms with Crippen LogP contribution in [0.25, 0.3) is 0 Å². The van der Waals surface area contributed by atoms with Crippen LogP contribution in [-0.2, 0) is 27.7 Å². The lowest BCUT2D eigenvalue weighted by Gasteiger charge is -2.19. The van der Waals surface area contributed by atoms with Gasteiger partial charge in [0.15, 0.2) is 0 Å². The molecule has 25 heavy (non-hydrogen) atoms. The maximum Gasteiger partial charge on any atom is 0.240 e. The molecule has 1 heterocycles. The molecule has 0 aliphatic carbocycles. The van der Waals surface area contributed by atoms with Gasteiger partial charge in [-0.1, -0.05) is 30.3 Å². The van der Waals surface area contributed by atoms with Crippen molar-refractivity contribution in [1.29, 1.82) is 0 Å². The van der Waals surface area contributed by atoms with Crippen molar-refractivity contribution in [2.75, 3.05) is 5.32 Å². The van der Waals surface area contributed by atoms with Crippen LogP contribution in [0.5, 0.6) is 0 Å². The molecule has 1 aliphatic rings. The fourth-order valence-corrected chi connectivity index (χ4v) is 4.27. The van der Waals surface area contributed by atoms with Crippen LogP contribution in [0.3, 0.4) is 0 Å². The van der Waals surface area contributed by atoms with E-state index in [9.17, 15) is 13.2 Å². The zero-order valence-corrected chi connectivity index (χ0v) is 15.0. The van der Waals surface area contributed by atoms with Gasteiger partial charge in [0.25, 0.3) is 0 Å². The van der Waals surface area contributed by atoms with Crippen molar-refractivity contribution in [3.63, 3.8) is 0 Å². The van der Waals surface area contributed by atoms with Gasteiger partial charge in [0, 0.05) is 18.2 Å². The molecule has 2 aromatic carbocycles. The first kappa shape index (κ1) is 17.6. The Kier molecular flexibility index (Phi) is 5.20. The van der Waals surface area contributed by atoms with Crippen LogP contribution in [0.4, 0.5) is 5.69 Å². The molecule has 3 rings (SSSR count). The van der Waals surface area contributed by atoms with Gasteiger partial charge >= 0.3 is 0 Å². The smallest absolute Gasteiger partial charge is 0.240 e. The summed E-state index contributed by atoms with van der Waals surface area (Å²) in [5.74, 6) is -0.0317. The van der Waals surface area contributed by atoms with Crippen LogP contribution < -0.4 is 10.0 Å². The van der Waals surface area contributed by atoms with Gasteiger partial charge in [-0.3, -0.25) is 4.79 Å². The van der Waals surface area contributed by atoms with Gasteiger partial charge in [-0.25, -0.2) is 13.1 Å². The van der Waals surface area contributed by atoms with Crippen LogP contribution >= 0.6 is 0 Å². The maximum absolute atomic E-state index is 12.6. The summed E-state index contributed by atoms with van der Waals surface area (Å²) in [4.78, 5) is 11.6. The Morgan fingerprint density at radius 1 is 1.12 bits per heavy atom. The summed E-state index contributed by atoms with van der Waals surface area (Å²) in [6.45, 7) is 1.87. The van der Waals surface area contributed by atoms with Gasteiger partial charge in [0.05, 0.1) is 4.90 Å². The Balaban J connectivity index is 1.66. The predicted molar refractivity (Wildman–Crippen MR) is 97.9 cm³/mol. The van der Waals surface area contributed by atoms with Crippen LogP contribution in [-0.4, -0.2) is 20.4 Å². The Hall–Kier alpha value is -2.18. The third-order valence-electron chi connectivity index (χ3n) is 4.35. The average molecular weight is 358 g/mol. The van der Waals surface area contributed by atoms with E-state index >= 15 is 0 Å². The van der Waals surface area contributed by atoms with E-state index in [-0.39, 0.29) is 16.8 Å². The first-order chi connectivity index (χ1) is 11.9. The van der Waals surface area contributed by atoms with Crippen LogP contribution in [0.2, 0.25) is 0 Å². The molecule has 2 N–H and O–H groups in total. The number of aryl methyl sites for hydroxylation is 2. The monoisotopic (exact) mass is 358 g/mol. The minimum absolute atomic E-state index is 0.0317. The molecule has 1 aliphatic heterocycles. The largest absolute Gasteiger partial charge is 0.326 e. The molecule has 0 radical (unpaired) electrons. The number of rotatable bonds is 6. The Morgan fingerprint density at radius 3 is 2.64 bits per heavy atom. The number of nitrogens with one attached hydrogen (secondary N) is 2. The van der Waals surface area contributed by atoms with Gasteiger partial charge in [0.1, 0.15) is 0 Å². The number of carbonyl (C=O) groups excluding carboxylic acids is 1. The summed E-state index contributed by atoms with van der Waals surface area (Å²) >= 11 is 0. The summed E-state index contributed by atoms with van der Waals surface area (Å²) in [7, 11) is -3.57. The predicted octanol–water partition coefficient (Wildman–Crippen LogP) is 2.87. The molecule has 0 aromatic heterocycles. The van der Waals surface area contributed by atoms with Crippen molar-refractivity contribution in [3.8, 4) is 0 Å². The third-order valence-corrected chi connectivity index (χ3v) is 5.93. The van der Waals surface area contributed by atoms with E-state index in [0.29, 0.717) is 18.5 Å². The van der Waals surface area contributed by atoms with Crippen molar-refractivity contribution >= 4 is 21.6 Å². The summed E-state index contributed by atoms with van der Waals surface area (Å²) in [5.41, 5.74) is 2.75. The van der Waals surface area contributed by atoms with Gasteiger partial charge in [0.2, 0.25) is 15.9 Å². The third kappa shape index (κ3) is 4.46. The number of carbonyl (C=O) groups is 1. The van der Waals surface area contributed by atoms with E-state index < -0.39 is 10.0 Å². The van der Waals surface area contributed by atoms with Gasteiger partial charge < -0.3 is 5.32 Å². The molecule has 132 valence electrons. The van der Waals surface area contributed by atoms with E-state index in [0.717, 1.165) is 18.4 Å². The first-order valence-electron chi connectivity index (χ1n) is 8.43. The summed E-state index contributed by atoms with van der Waals surface area (Å²) in [6, 6.07) is 14.7. The first-order valence-corrected chi connectivity index (χ1v) is 9.91. The lowest BCUT2D eigenvalue weighted by molar-refractivity contribution is -0.116. The number of benzene rings is 2. The van der Waals surface area contributed by atoms with Gasteiger partial charge in [-0.2, -0.15) is 0 Å². The van der Waals surface area contributed by atoms with Crippen LogP contribution in [0.1, 0.15) is 30.9 Å². The standard InChI is InChI=1S/C19H22N2O3S/c1-14(7-8-15-5-3-2-4-6-15)21-25(23,24)17-10-11-18-16(13-17)9-12-19(22)20-18/h2-6,10-11,13-14,21H,7-9,12H2,1H3,(H,20,22)/t14-/m0/s1. The fraction of sp³-hybridized carbons (Fsp3) is 0.316. The molecule has 0 saturated heterocycles. The minimum atomic E-state index is -3.57. The molecular formula is C19H22N2O3S. The number of hydrogen-bond donors (Lipinski definition) is 2. The van der Waals surface area contributed by atoms with Crippen LogP contribution in [0.15, 0.2) is 53.4 Å². The number of anilines is 1. The molecule has 6 heteroatoms. The molecular weight excluding hydrogens is 336 g/mol. The van der Waals surface area contributed by atoms with Crippen molar-refractivity contribution in [2.45, 2.75) is 43.5 Å². The van der Waals surface area contributed by atoms with E-state index in [1.54, 1.807) is 12.1 Å². The summed E-state index contributed by atoms with van der Waals surface area (Å²) < 4.78 is 28.0. The highest BCUT2D eigenvalue weighted by Crippen LogP contribution is 2.25. The highest BCUT2D eigenvalue weighted by atomic mass is 32.2. The Morgan fingerprint density at radius 2 is 1.88 bits per heavy atom. The minimum Gasteiger partial charge on any atom is -0.326 e. The molecule has 0 fully saturated rings. The molecule has 0 spiro atoms. The topological polar surface area (TPSA) is 75.3 Å². The Bertz CT molecular complexity index is 863. The summed E-state index contributed by atoms with van der Waals surface area (Å²) in [6.07, 6.45) is 2.50. The van der Waals surface area contributed by atoms with Crippen molar-refractivity contribution < 1.29 is 13.2 Å². The van der Waals surface area contributed by atoms with E-state index in [4.69, 9.17) is 0 Å². The van der Waals surface area contributed by atoms with Gasteiger partial charge in [-0.15, -0.1) is 0 Å². The second-order valence-electron chi connectivity index (χ2n) is 6.41. The fourth-order valence-electron chi connectivity index (χ4n) is 2.95. The van der Waals surface area contributed by atoms with Crippen molar-refractivity contribution in [2.24, 2.45) is 0 Å². The SMILES string of the molecule is C[C@@H](CCc1ccccc1)NS(=O)(=O)c1ccc2c(c1)CCC(=O)N2. The highest BCUT2D eigenvalue weighted by Gasteiger charge is 2.21. The Labute approximate surface area is 148 Å². The number of sulfonamides is 1. The van der Waals surface area contributed by atoms with Gasteiger partial charge in [-0.05, 0) is 55.5 Å². The number of amides is 1. The molecule has 1 amide bonds. The van der Waals surface area contributed by atoms with E-state index in [1.165, 1.54) is 11.6 Å². The molecule has 5 nitrogen and oxygen atoms in total. The maximum atomic E-state index is 12.6. The second-order valence-corrected chi connectivity index (χ2v) is 8.13. The molecule has 0 unspecified atom stereocenters.